The smallest absolute Gasteiger partial charge is 0.325 e. The molecule has 0 atom stereocenters. The zero-order valence-electron chi connectivity index (χ0n) is 12.6. The molecule has 2 aromatic rings. The number of furan rings is 1. The number of amides is 3. The van der Waals surface area contributed by atoms with E-state index >= 15 is 0 Å². The topological polar surface area (TPSA) is 88.6 Å². The molecule has 0 aromatic carbocycles. The summed E-state index contributed by atoms with van der Waals surface area (Å²) in [4.78, 5) is 26.1. The third-order valence-electron chi connectivity index (χ3n) is 4.60. The van der Waals surface area contributed by atoms with Gasteiger partial charge in [0.2, 0.25) is 5.76 Å². The Morgan fingerprint density at radius 3 is 2.78 bits per heavy atom. The molecular formula is C16H17N3O4. The molecule has 120 valence electrons. The van der Waals surface area contributed by atoms with Gasteiger partial charge in [-0.15, -0.1) is 0 Å². The van der Waals surface area contributed by atoms with Crippen LogP contribution in [0.3, 0.4) is 0 Å². The fraction of sp³-hybridized carbons (Fsp3) is 0.438. The number of urea groups is 1. The Morgan fingerprint density at radius 1 is 1.22 bits per heavy atom. The molecule has 2 fully saturated rings. The Hall–Kier alpha value is -2.57. The number of rotatable bonds is 3. The number of nitrogens with one attached hydrogen (secondary N) is 1. The predicted molar refractivity (Wildman–Crippen MR) is 79.1 cm³/mol. The predicted octanol–water partition coefficient (Wildman–Crippen LogP) is 2.69. The second-order valence-electron chi connectivity index (χ2n) is 6.12. The first kappa shape index (κ1) is 14.0. The quantitative estimate of drug-likeness (QED) is 0.880. The van der Waals surface area contributed by atoms with E-state index in [9.17, 15) is 9.59 Å². The monoisotopic (exact) mass is 315 g/mol. The lowest BCUT2D eigenvalue weighted by atomic mass is 9.82. The highest BCUT2D eigenvalue weighted by Gasteiger charge is 2.51. The summed E-state index contributed by atoms with van der Waals surface area (Å²) in [6, 6.07) is 4.85. The lowest BCUT2D eigenvalue weighted by Crippen LogP contribution is -2.48. The minimum Gasteiger partial charge on any atom is -0.461 e. The van der Waals surface area contributed by atoms with Gasteiger partial charge in [-0.1, -0.05) is 24.4 Å². The zero-order valence-corrected chi connectivity index (χ0v) is 12.6. The van der Waals surface area contributed by atoms with Crippen LogP contribution in [0.25, 0.3) is 11.5 Å². The molecule has 1 aliphatic heterocycles. The third kappa shape index (κ3) is 2.32. The largest absolute Gasteiger partial charge is 0.461 e. The van der Waals surface area contributed by atoms with Crippen molar-refractivity contribution >= 4 is 11.9 Å². The van der Waals surface area contributed by atoms with Crippen molar-refractivity contribution in [3.8, 4) is 11.5 Å². The summed E-state index contributed by atoms with van der Waals surface area (Å²) in [6.45, 7) is 0.108. The molecule has 1 N–H and O–H groups in total. The van der Waals surface area contributed by atoms with Crippen LogP contribution in [0.2, 0.25) is 0 Å². The van der Waals surface area contributed by atoms with Gasteiger partial charge in [0, 0.05) is 6.07 Å². The molecule has 2 aromatic heterocycles. The van der Waals surface area contributed by atoms with E-state index in [1.807, 2.05) is 0 Å². The Bertz CT molecular complexity index is 728. The molecule has 3 amide bonds. The van der Waals surface area contributed by atoms with Crippen molar-refractivity contribution < 1.29 is 18.5 Å². The molecule has 1 aliphatic carbocycles. The minimum atomic E-state index is -0.705. The molecule has 0 bridgehead atoms. The summed E-state index contributed by atoms with van der Waals surface area (Å²) in [6.07, 6.45) is 6.01. The van der Waals surface area contributed by atoms with Crippen molar-refractivity contribution in [1.82, 2.24) is 15.4 Å². The van der Waals surface area contributed by atoms with Gasteiger partial charge in [-0.25, -0.2) is 4.79 Å². The zero-order chi connectivity index (χ0) is 15.9. The van der Waals surface area contributed by atoms with Crippen LogP contribution in [0.1, 0.15) is 37.8 Å². The minimum absolute atomic E-state index is 0.108. The standard InChI is InChI=1S/C16H17N3O4/c20-14-16(6-2-1-3-7-16)17-15(21)19(14)10-11-9-13(23-18-11)12-5-4-8-22-12/h4-5,8-9H,1-3,6-7,10H2,(H,17,21). The van der Waals surface area contributed by atoms with Crippen LogP contribution in [0.15, 0.2) is 33.4 Å². The van der Waals surface area contributed by atoms with Gasteiger partial charge in [0.1, 0.15) is 11.2 Å². The number of imide groups is 1. The van der Waals surface area contributed by atoms with Gasteiger partial charge in [-0.05, 0) is 25.0 Å². The van der Waals surface area contributed by atoms with Crippen LogP contribution < -0.4 is 5.32 Å². The van der Waals surface area contributed by atoms with E-state index in [1.165, 1.54) is 4.90 Å². The van der Waals surface area contributed by atoms with Crippen LogP contribution in [0, 0.1) is 0 Å². The Morgan fingerprint density at radius 2 is 2.04 bits per heavy atom. The van der Waals surface area contributed by atoms with Crippen molar-refractivity contribution in [3.63, 3.8) is 0 Å². The summed E-state index contributed by atoms with van der Waals surface area (Å²) >= 11 is 0. The van der Waals surface area contributed by atoms with Crippen molar-refractivity contribution in [2.45, 2.75) is 44.2 Å². The van der Waals surface area contributed by atoms with Crippen LogP contribution >= 0.6 is 0 Å². The maximum atomic E-state index is 12.7. The van der Waals surface area contributed by atoms with E-state index in [0.717, 1.165) is 19.3 Å². The van der Waals surface area contributed by atoms with Gasteiger partial charge < -0.3 is 14.3 Å². The second-order valence-corrected chi connectivity index (χ2v) is 6.12. The molecule has 23 heavy (non-hydrogen) atoms. The summed E-state index contributed by atoms with van der Waals surface area (Å²) in [7, 11) is 0. The number of hydrogen-bond acceptors (Lipinski definition) is 5. The van der Waals surface area contributed by atoms with Gasteiger partial charge in [0.05, 0.1) is 12.8 Å². The molecule has 1 spiro atoms. The average Bonchev–Trinajstić information content (AvgIpc) is 3.27. The summed E-state index contributed by atoms with van der Waals surface area (Å²) in [5.74, 6) is 0.888. The maximum Gasteiger partial charge on any atom is 0.325 e. The van der Waals surface area contributed by atoms with Crippen molar-refractivity contribution in [1.29, 1.82) is 0 Å². The Kier molecular flexibility index (Phi) is 3.21. The van der Waals surface area contributed by atoms with Crippen molar-refractivity contribution in [2.75, 3.05) is 0 Å². The lowest BCUT2D eigenvalue weighted by molar-refractivity contribution is -0.132. The molecule has 0 radical (unpaired) electrons. The number of nitrogens with zero attached hydrogens (tertiary/aromatic N) is 2. The fourth-order valence-electron chi connectivity index (χ4n) is 3.40. The molecule has 4 rings (SSSR count). The van der Waals surface area contributed by atoms with E-state index in [0.29, 0.717) is 30.1 Å². The summed E-state index contributed by atoms with van der Waals surface area (Å²) in [5, 5.41) is 6.81. The van der Waals surface area contributed by atoms with E-state index in [-0.39, 0.29) is 18.5 Å². The fourth-order valence-corrected chi connectivity index (χ4v) is 3.40. The lowest BCUT2D eigenvalue weighted by Gasteiger charge is -2.30. The normalized spacial score (nSPS) is 20.3. The highest BCUT2D eigenvalue weighted by Crippen LogP contribution is 2.34. The summed E-state index contributed by atoms with van der Waals surface area (Å²) < 4.78 is 10.5. The highest BCUT2D eigenvalue weighted by atomic mass is 16.5. The van der Waals surface area contributed by atoms with Gasteiger partial charge in [0.15, 0.2) is 5.76 Å². The first-order valence-electron chi connectivity index (χ1n) is 7.82. The van der Waals surface area contributed by atoms with Crippen molar-refractivity contribution in [2.24, 2.45) is 0 Å². The number of aromatic nitrogens is 1. The SMILES string of the molecule is O=C1NC2(CCCCC2)C(=O)N1Cc1cc(-c2ccco2)on1. The first-order chi connectivity index (χ1) is 11.2. The Balaban J connectivity index is 1.52. The number of carbonyl (C=O) groups excluding carboxylic acids is 2. The second kappa shape index (κ2) is 5.26. The Labute approximate surface area is 132 Å². The van der Waals surface area contributed by atoms with Gasteiger partial charge in [-0.3, -0.25) is 9.69 Å². The number of carbonyl (C=O) groups is 2. The molecular weight excluding hydrogens is 298 g/mol. The molecule has 0 unspecified atom stereocenters. The van der Waals surface area contributed by atoms with E-state index in [4.69, 9.17) is 8.94 Å². The molecule has 1 saturated carbocycles. The molecule has 3 heterocycles. The molecule has 2 aliphatic rings. The summed E-state index contributed by atoms with van der Waals surface area (Å²) in [5.41, 5.74) is -0.184. The average molecular weight is 315 g/mol. The molecule has 7 nitrogen and oxygen atoms in total. The first-order valence-corrected chi connectivity index (χ1v) is 7.82. The maximum absolute atomic E-state index is 12.7. The van der Waals surface area contributed by atoms with E-state index in [1.54, 1.807) is 24.5 Å². The van der Waals surface area contributed by atoms with Crippen LogP contribution in [0.5, 0.6) is 0 Å². The van der Waals surface area contributed by atoms with Gasteiger partial charge >= 0.3 is 6.03 Å². The van der Waals surface area contributed by atoms with Crippen LogP contribution in [-0.2, 0) is 11.3 Å². The van der Waals surface area contributed by atoms with E-state index in [2.05, 4.69) is 10.5 Å². The molecule has 7 heteroatoms. The van der Waals surface area contributed by atoms with E-state index < -0.39 is 5.54 Å². The van der Waals surface area contributed by atoms with Crippen LogP contribution in [-0.4, -0.2) is 27.5 Å². The van der Waals surface area contributed by atoms with Gasteiger partial charge in [-0.2, -0.15) is 0 Å². The number of hydrogen-bond donors (Lipinski definition) is 1. The van der Waals surface area contributed by atoms with Crippen molar-refractivity contribution in [3.05, 3.63) is 30.2 Å². The molecule has 1 saturated heterocycles. The third-order valence-corrected chi connectivity index (χ3v) is 4.60. The van der Waals surface area contributed by atoms with Crippen LogP contribution in [0.4, 0.5) is 4.79 Å². The highest BCUT2D eigenvalue weighted by molar-refractivity contribution is 6.07. The van der Waals surface area contributed by atoms with Gasteiger partial charge in [0.25, 0.3) is 5.91 Å².